The van der Waals surface area contributed by atoms with Crippen LogP contribution in [0.5, 0.6) is 0 Å². The number of anilines is 3. The van der Waals surface area contributed by atoms with Crippen molar-refractivity contribution in [3.8, 4) is 0 Å². The molecule has 200 valence electrons. The van der Waals surface area contributed by atoms with E-state index in [0.29, 0.717) is 0 Å². The van der Waals surface area contributed by atoms with Gasteiger partial charge in [0.05, 0.1) is 0 Å². The van der Waals surface area contributed by atoms with Crippen molar-refractivity contribution in [3.05, 3.63) is 164 Å². The first-order valence-electron chi connectivity index (χ1n) is 14.9. The van der Waals surface area contributed by atoms with Crippen molar-refractivity contribution in [2.75, 3.05) is 4.90 Å². The largest absolute Gasteiger partial charge is 0.310 e. The zero-order valence-corrected chi connectivity index (χ0v) is 23.5. The summed E-state index contributed by atoms with van der Waals surface area (Å²) in [5, 5.41) is 15.4. The summed E-state index contributed by atoms with van der Waals surface area (Å²) < 4.78 is 0. The lowest BCUT2D eigenvalue weighted by molar-refractivity contribution is 1.29. The summed E-state index contributed by atoms with van der Waals surface area (Å²) in [5.74, 6) is 0. The van der Waals surface area contributed by atoms with Gasteiger partial charge in [-0.05, 0) is 101 Å². The maximum absolute atomic E-state index is 2.42. The second kappa shape index (κ2) is 9.44. The molecule has 0 saturated heterocycles. The van der Waals surface area contributed by atoms with Gasteiger partial charge in [0.2, 0.25) is 0 Å². The third-order valence-corrected chi connectivity index (χ3v) is 8.96. The second-order valence-corrected chi connectivity index (χ2v) is 11.3. The van der Waals surface area contributed by atoms with Crippen LogP contribution in [0.25, 0.3) is 64.6 Å². The molecule has 9 aromatic rings. The Morgan fingerprint density at radius 1 is 0.233 bits per heavy atom. The van der Waals surface area contributed by atoms with E-state index in [-0.39, 0.29) is 0 Å². The van der Waals surface area contributed by atoms with Crippen LogP contribution in [-0.2, 0) is 0 Å². The van der Waals surface area contributed by atoms with Gasteiger partial charge in [-0.3, -0.25) is 0 Å². The van der Waals surface area contributed by atoms with Crippen molar-refractivity contribution < 1.29 is 0 Å². The van der Waals surface area contributed by atoms with Gasteiger partial charge in [0.25, 0.3) is 0 Å². The summed E-state index contributed by atoms with van der Waals surface area (Å²) in [6, 6.07) is 59.8. The van der Waals surface area contributed by atoms with Gasteiger partial charge in [-0.25, -0.2) is 0 Å². The minimum Gasteiger partial charge on any atom is -0.310 e. The van der Waals surface area contributed by atoms with E-state index in [2.05, 4.69) is 169 Å². The molecule has 1 nitrogen and oxygen atoms in total. The zero-order chi connectivity index (χ0) is 28.3. The maximum atomic E-state index is 2.42. The predicted molar refractivity (Wildman–Crippen MR) is 186 cm³/mol. The fourth-order valence-electron chi connectivity index (χ4n) is 7.18. The molecule has 0 aliphatic carbocycles. The molecule has 0 aromatic heterocycles. The predicted octanol–water partition coefficient (Wildman–Crippen LogP) is 12.1. The van der Waals surface area contributed by atoms with Crippen molar-refractivity contribution in [2.24, 2.45) is 0 Å². The first-order valence-corrected chi connectivity index (χ1v) is 14.9. The topological polar surface area (TPSA) is 3.24 Å². The highest BCUT2D eigenvalue weighted by molar-refractivity contribution is 6.39. The highest BCUT2D eigenvalue weighted by Crippen LogP contribution is 2.47. The van der Waals surface area contributed by atoms with Crippen LogP contribution in [0.4, 0.5) is 17.1 Å². The summed E-state index contributed by atoms with van der Waals surface area (Å²) in [5.41, 5.74) is 3.41. The van der Waals surface area contributed by atoms with Crippen molar-refractivity contribution >= 4 is 81.7 Å². The Kier molecular flexibility index (Phi) is 5.27. The molecular formula is C42H27N. The van der Waals surface area contributed by atoms with E-state index in [1.807, 2.05) is 0 Å². The third-order valence-electron chi connectivity index (χ3n) is 8.96. The molecule has 0 saturated carbocycles. The van der Waals surface area contributed by atoms with Gasteiger partial charge < -0.3 is 4.90 Å². The average Bonchev–Trinajstić information content (AvgIpc) is 3.08. The minimum absolute atomic E-state index is 1.13. The molecule has 0 fully saturated rings. The van der Waals surface area contributed by atoms with Crippen LogP contribution in [0.15, 0.2) is 164 Å². The Labute approximate surface area is 249 Å². The Hall–Kier alpha value is -5.66. The summed E-state index contributed by atoms with van der Waals surface area (Å²) in [4.78, 5) is 2.39. The Morgan fingerprint density at radius 3 is 0.953 bits per heavy atom. The first-order chi connectivity index (χ1) is 21.4. The van der Waals surface area contributed by atoms with E-state index in [9.17, 15) is 0 Å². The highest BCUT2D eigenvalue weighted by Gasteiger charge is 2.19. The van der Waals surface area contributed by atoms with Gasteiger partial charge in [-0.15, -0.1) is 0 Å². The quantitative estimate of drug-likeness (QED) is 0.200. The summed E-state index contributed by atoms with van der Waals surface area (Å²) in [6.07, 6.45) is 0. The molecule has 0 unspecified atom stereocenters. The molecule has 0 heterocycles. The Balaban J connectivity index is 1.59. The Bertz CT molecular complexity index is 2460. The number of para-hydroxylation sites is 2. The van der Waals surface area contributed by atoms with E-state index in [4.69, 9.17) is 0 Å². The lowest BCUT2D eigenvalue weighted by Gasteiger charge is -2.27. The van der Waals surface area contributed by atoms with Crippen LogP contribution in [0.1, 0.15) is 0 Å². The fraction of sp³-hybridized carbons (Fsp3) is 0. The number of fused-ring (bicyclic) bond motifs is 8. The maximum Gasteiger partial charge on any atom is 0.0474 e. The monoisotopic (exact) mass is 545 g/mol. The standard InChI is InChI=1S/C42H27N/c1-3-14-28(15-4-1)43(29-16-5-2-6-17-29)30-26-39-35-22-11-8-19-32(35)31-18-7-9-20-33(31)37-24-13-25-38-34-21-10-12-23-36(34)40(27-30)42(39)41(37)38/h1-27H. The number of hydrogen-bond acceptors (Lipinski definition) is 1. The SMILES string of the molecule is c1ccc(N(c2ccccc2)c2cc3c4ccccc4c4ccccc4c4cccc5c6ccccc6c(c2)c3c45)cc1. The van der Waals surface area contributed by atoms with Gasteiger partial charge in [-0.1, -0.05) is 127 Å². The van der Waals surface area contributed by atoms with E-state index < -0.39 is 0 Å². The molecule has 43 heavy (non-hydrogen) atoms. The highest BCUT2D eigenvalue weighted by atomic mass is 15.1. The number of hydrogen-bond donors (Lipinski definition) is 0. The fourth-order valence-corrected chi connectivity index (χ4v) is 7.18. The number of benzene rings is 8. The molecule has 0 aliphatic rings. The molecule has 0 bridgehead atoms. The molecule has 9 rings (SSSR count). The van der Waals surface area contributed by atoms with Gasteiger partial charge in [-0.2, -0.15) is 0 Å². The van der Waals surface area contributed by atoms with Crippen LogP contribution < -0.4 is 4.90 Å². The number of nitrogens with zero attached hydrogens (tertiary/aromatic N) is 1. The second-order valence-electron chi connectivity index (χ2n) is 11.3. The minimum atomic E-state index is 1.13. The normalized spacial score (nSPS) is 11.7. The van der Waals surface area contributed by atoms with Crippen molar-refractivity contribution in [2.45, 2.75) is 0 Å². The smallest absolute Gasteiger partial charge is 0.0474 e. The van der Waals surface area contributed by atoms with Gasteiger partial charge in [0.15, 0.2) is 0 Å². The molecule has 9 aromatic carbocycles. The van der Waals surface area contributed by atoms with Crippen LogP contribution >= 0.6 is 0 Å². The van der Waals surface area contributed by atoms with Crippen LogP contribution in [0.2, 0.25) is 0 Å². The Morgan fingerprint density at radius 2 is 0.535 bits per heavy atom. The average molecular weight is 546 g/mol. The molecule has 0 atom stereocenters. The molecule has 1 heteroatoms. The zero-order valence-electron chi connectivity index (χ0n) is 23.5. The summed E-state index contributed by atoms with van der Waals surface area (Å²) >= 11 is 0. The van der Waals surface area contributed by atoms with Gasteiger partial charge >= 0.3 is 0 Å². The number of rotatable bonds is 3. The molecule has 0 amide bonds. The molecule has 0 N–H and O–H groups in total. The van der Waals surface area contributed by atoms with Crippen molar-refractivity contribution in [3.63, 3.8) is 0 Å². The lowest BCUT2D eigenvalue weighted by Crippen LogP contribution is -2.09. The van der Waals surface area contributed by atoms with Crippen molar-refractivity contribution in [1.29, 1.82) is 0 Å². The van der Waals surface area contributed by atoms with Crippen molar-refractivity contribution in [1.82, 2.24) is 0 Å². The van der Waals surface area contributed by atoms with E-state index in [1.165, 1.54) is 64.6 Å². The first kappa shape index (κ1) is 24.0. The van der Waals surface area contributed by atoms with Gasteiger partial charge in [0.1, 0.15) is 0 Å². The molecular weight excluding hydrogens is 518 g/mol. The molecule has 0 aliphatic heterocycles. The van der Waals surface area contributed by atoms with E-state index >= 15 is 0 Å². The lowest BCUT2D eigenvalue weighted by atomic mass is 9.87. The molecule has 0 radical (unpaired) electrons. The van der Waals surface area contributed by atoms with Crippen LogP contribution in [-0.4, -0.2) is 0 Å². The van der Waals surface area contributed by atoms with Gasteiger partial charge in [0, 0.05) is 17.1 Å². The molecule has 0 spiro atoms. The van der Waals surface area contributed by atoms with E-state index in [1.54, 1.807) is 0 Å². The third kappa shape index (κ3) is 3.58. The van der Waals surface area contributed by atoms with E-state index in [0.717, 1.165) is 17.1 Å². The summed E-state index contributed by atoms with van der Waals surface area (Å²) in [6.45, 7) is 0. The van der Waals surface area contributed by atoms with Crippen LogP contribution in [0, 0.1) is 0 Å². The van der Waals surface area contributed by atoms with Crippen LogP contribution in [0.3, 0.4) is 0 Å². The summed E-state index contributed by atoms with van der Waals surface area (Å²) in [7, 11) is 0.